The predicted octanol–water partition coefficient (Wildman–Crippen LogP) is 2.56. The highest BCUT2D eigenvalue weighted by molar-refractivity contribution is 6.68. The molecule has 1 aliphatic rings. The number of hydrogen-bond donors (Lipinski definition) is 1. The largest absolute Gasteiger partial charge is 0.373 e. The number of amides is 1. The molecule has 1 aliphatic heterocycles. The number of morpholine rings is 1. The van der Waals surface area contributed by atoms with Crippen LogP contribution in [-0.2, 0) is 9.53 Å². The number of ether oxygens (including phenoxy) is 1. The normalized spacial score (nSPS) is 27.4. The molecule has 112 valence electrons. The molecule has 19 heavy (non-hydrogen) atoms. The summed E-state index contributed by atoms with van der Waals surface area (Å²) in [6.45, 7) is 8.75. The average Bonchev–Trinajstić information content (AvgIpc) is 2.21. The summed E-state index contributed by atoms with van der Waals surface area (Å²) < 4.78 is 4.07. The monoisotopic (exact) mass is 330 g/mol. The summed E-state index contributed by atoms with van der Waals surface area (Å²) >= 11 is 18.0. The summed E-state index contributed by atoms with van der Waals surface area (Å²) in [5, 5.41) is 2.80. The molecule has 0 radical (unpaired) electrons. The van der Waals surface area contributed by atoms with Crippen LogP contribution < -0.4 is 5.32 Å². The maximum atomic E-state index is 11.9. The van der Waals surface area contributed by atoms with Crippen LogP contribution in [-0.4, -0.2) is 46.1 Å². The Balaban J connectivity index is 2.82. The van der Waals surface area contributed by atoms with Crippen LogP contribution in [0.25, 0.3) is 0 Å². The third-order valence-corrected chi connectivity index (χ3v) is 3.55. The highest BCUT2D eigenvalue weighted by atomic mass is 35.6. The molecule has 1 N–H and O–H groups in total. The molecule has 0 spiro atoms. The molecule has 0 aliphatic carbocycles. The van der Waals surface area contributed by atoms with Crippen molar-refractivity contribution in [2.45, 2.75) is 49.9 Å². The lowest BCUT2D eigenvalue weighted by Gasteiger charge is -2.42. The molecule has 0 aromatic carbocycles. The lowest BCUT2D eigenvalue weighted by Crippen LogP contribution is -2.61. The molecular formula is C12H21Cl3N2O2. The summed E-state index contributed by atoms with van der Waals surface area (Å²) in [7, 11) is 0. The fourth-order valence-corrected chi connectivity index (χ4v) is 2.69. The molecule has 0 bridgehead atoms. The Labute approximate surface area is 129 Å². The van der Waals surface area contributed by atoms with Crippen LogP contribution in [0.3, 0.4) is 0 Å². The van der Waals surface area contributed by atoms with Crippen LogP contribution in [0.15, 0.2) is 0 Å². The average molecular weight is 332 g/mol. The Morgan fingerprint density at radius 1 is 1.26 bits per heavy atom. The van der Waals surface area contributed by atoms with Gasteiger partial charge in [0, 0.05) is 19.0 Å². The van der Waals surface area contributed by atoms with Crippen LogP contribution in [0.1, 0.15) is 27.7 Å². The number of hydrogen-bond acceptors (Lipinski definition) is 3. The fraction of sp³-hybridized carbons (Fsp3) is 0.917. The number of carbonyl (C=O) groups excluding carboxylic acids is 1. The van der Waals surface area contributed by atoms with Crippen molar-refractivity contribution in [2.24, 2.45) is 5.92 Å². The molecule has 4 nitrogen and oxygen atoms in total. The van der Waals surface area contributed by atoms with Gasteiger partial charge in [-0.1, -0.05) is 48.7 Å². The predicted molar refractivity (Wildman–Crippen MR) is 78.6 cm³/mol. The van der Waals surface area contributed by atoms with Crippen molar-refractivity contribution in [3.05, 3.63) is 0 Å². The molecular weight excluding hydrogens is 311 g/mol. The van der Waals surface area contributed by atoms with E-state index in [4.69, 9.17) is 39.5 Å². The van der Waals surface area contributed by atoms with Gasteiger partial charge in [0.15, 0.2) is 0 Å². The second kappa shape index (κ2) is 6.81. The molecule has 0 aromatic rings. The molecule has 3 atom stereocenters. The Hall–Kier alpha value is 0.260. The van der Waals surface area contributed by atoms with Gasteiger partial charge in [0.05, 0.1) is 12.2 Å². The second-order valence-electron chi connectivity index (χ2n) is 5.32. The summed E-state index contributed by atoms with van der Waals surface area (Å²) in [5.41, 5.74) is 0. The molecule has 0 unspecified atom stereocenters. The minimum Gasteiger partial charge on any atom is -0.373 e. The fourth-order valence-electron chi connectivity index (χ4n) is 2.11. The molecule has 1 rings (SSSR count). The minimum absolute atomic E-state index is 0.0366. The van der Waals surface area contributed by atoms with Crippen LogP contribution in [0.4, 0.5) is 0 Å². The second-order valence-corrected chi connectivity index (χ2v) is 7.69. The van der Waals surface area contributed by atoms with Gasteiger partial charge in [0.25, 0.3) is 0 Å². The van der Waals surface area contributed by atoms with Crippen LogP contribution >= 0.6 is 34.8 Å². The van der Waals surface area contributed by atoms with Crippen molar-refractivity contribution < 1.29 is 9.53 Å². The topological polar surface area (TPSA) is 41.6 Å². The van der Waals surface area contributed by atoms with Crippen molar-refractivity contribution in [1.82, 2.24) is 10.2 Å². The first-order chi connectivity index (χ1) is 8.61. The standard InChI is InChI=1S/C12H21Cl3N2O2/c1-7(2)10(18)16-11(12(13,14)15)17-5-8(3)19-9(4)6-17/h7-9,11H,5-6H2,1-4H3,(H,16,18)/t8-,9-,11-/m0/s1. The quantitative estimate of drug-likeness (QED) is 0.808. The summed E-state index contributed by atoms with van der Waals surface area (Å²) in [6, 6.07) is 0. The highest BCUT2D eigenvalue weighted by Gasteiger charge is 2.41. The van der Waals surface area contributed by atoms with E-state index >= 15 is 0 Å². The molecule has 1 heterocycles. The Morgan fingerprint density at radius 3 is 2.11 bits per heavy atom. The highest BCUT2D eigenvalue weighted by Crippen LogP contribution is 2.33. The summed E-state index contributed by atoms with van der Waals surface area (Å²) in [6.07, 6.45) is -0.578. The first-order valence-electron chi connectivity index (χ1n) is 6.38. The lowest BCUT2D eigenvalue weighted by molar-refractivity contribution is -0.129. The van der Waals surface area contributed by atoms with Gasteiger partial charge in [-0.3, -0.25) is 9.69 Å². The van der Waals surface area contributed by atoms with Crippen molar-refractivity contribution in [2.75, 3.05) is 13.1 Å². The van der Waals surface area contributed by atoms with E-state index in [2.05, 4.69) is 5.32 Å². The van der Waals surface area contributed by atoms with Crippen LogP contribution in [0.2, 0.25) is 0 Å². The van der Waals surface area contributed by atoms with E-state index in [1.165, 1.54) is 0 Å². The van der Waals surface area contributed by atoms with Gasteiger partial charge in [-0.25, -0.2) is 0 Å². The van der Waals surface area contributed by atoms with Crippen LogP contribution in [0.5, 0.6) is 0 Å². The molecule has 7 heteroatoms. The molecule has 0 aromatic heterocycles. The zero-order valence-electron chi connectivity index (χ0n) is 11.6. The van der Waals surface area contributed by atoms with E-state index in [0.29, 0.717) is 13.1 Å². The van der Waals surface area contributed by atoms with E-state index in [0.717, 1.165) is 0 Å². The van der Waals surface area contributed by atoms with E-state index < -0.39 is 9.96 Å². The zero-order chi connectivity index (χ0) is 14.8. The van der Waals surface area contributed by atoms with Gasteiger partial charge in [0.2, 0.25) is 9.70 Å². The molecule has 1 amide bonds. The minimum atomic E-state index is -1.58. The lowest BCUT2D eigenvalue weighted by atomic mass is 10.2. The third kappa shape index (κ3) is 5.27. The number of halogens is 3. The summed E-state index contributed by atoms with van der Waals surface area (Å²) in [5.74, 6) is -0.297. The van der Waals surface area contributed by atoms with Gasteiger partial charge in [0.1, 0.15) is 6.17 Å². The number of alkyl halides is 3. The molecule has 0 saturated carbocycles. The molecule has 1 fully saturated rings. The van der Waals surface area contributed by atoms with Crippen molar-refractivity contribution in [3.63, 3.8) is 0 Å². The van der Waals surface area contributed by atoms with Crippen LogP contribution in [0, 0.1) is 5.92 Å². The van der Waals surface area contributed by atoms with Gasteiger partial charge in [-0.15, -0.1) is 0 Å². The zero-order valence-corrected chi connectivity index (χ0v) is 13.9. The number of nitrogens with one attached hydrogen (secondary N) is 1. The smallest absolute Gasteiger partial charge is 0.223 e. The maximum Gasteiger partial charge on any atom is 0.223 e. The van der Waals surface area contributed by atoms with Crippen molar-refractivity contribution >= 4 is 40.7 Å². The van der Waals surface area contributed by atoms with E-state index in [1.54, 1.807) is 13.8 Å². The Bertz CT molecular complexity index is 311. The van der Waals surface area contributed by atoms with Crippen molar-refractivity contribution in [3.8, 4) is 0 Å². The van der Waals surface area contributed by atoms with Gasteiger partial charge < -0.3 is 10.1 Å². The molecule has 1 saturated heterocycles. The number of rotatable bonds is 3. The Kier molecular flexibility index (Phi) is 6.21. The summed E-state index contributed by atoms with van der Waals surface area (Å²) in [4.78, 5) is 13.8. The van der Waals surface area contributed by atoms with E-state index in [-0.39, 0.29) is 24.0 Å². The van der Waals surface area contributed by atoms with Gasteiger partial charge in [-0.2, -0.15) is 0 Å². The van der Waals surface area contributed by atoms with E-state index in [1.807, 2.05) is 18.7 Å². The third-order valence-electron chi connectivity index (χ3n) is 2.93. The van der Waals surface area contributed by atoms with E-state index in [9.17, 15) is 4.79 Å². The maximum absolute atomic E-state index is 11.9. The van der Waals surface area contributed by atoms with Gasteiger partial charge in [-0.05, 0) is 13.8 Å². The number of nitrogens with zero attached hydrogens (tertiary/aromatic N) is 1. The number of carbonyl (C=O) groups is 1. The first kappa shape index (κ1) is 17.3. The first-order valence-corrected chi connectivity index (χ1v) is 7.51. The van der Waals surface area contributed by atoms with Gasteiger partial charge >= 0.3 is 0 Å². The SMILES string of the molecule is CC(C)C(=O)N[C@@H](N1C[C@H](C)O[C@@H](C)C1)C(Cl)(Cl)Cl. The van der Waals surface area contributed by atoms with Crippen molar-refractivity contribution in [1.29, 1.82) is 0 Å². The Morgan fingerprint density at radius 2 is 1.74 bits per heavy atom.